The first-order valence-corrected chi connectivity index (χ1v) is 10.9. The van der Waals surface area contributed by atoms with Crippen LogP contribution in [0.15, 0.2) is 65.7 Å². The minimum Gasteiger partial charge on any atom is -0.374 e. The number of aliphatic hydroxyl groups excluding tert-OH is 1. The Kier molecular flexibility index (Phi) is 6.01. The number of aliphatic hydroxyl groups is 1. The van der Waals surface area contributed by atoms with Gasteiger partial charge in [0.2, 0.25) is 0 Å². The third-order valence-electron chi connectivity index (χ3n) is 5.43. The van der Waals surface area contributed by atoms with Crippen molar-refractivity contribution in [3.63, 3.8) is 0 Å². The molecule has 5 aromatic rings. The molecule has 0 aliphatic carbocycles. The van der Waals surface area contributed by atoms with E-state index in [9.17, 15) is 22.8 Å². The summed E-state index contributed by atoms with van der Waals surface area (Å²) in [6.45, 7) is -0.647. The normalized spacial score (nSPS) is 11.7. The molecule has 10 nitrogen and oxygen atoms in total. The molecule has 0 aliphatic rings. The quantitative estimate of drug-likeness (QED) is 0.317. The van der Waals surface area contributed by atoms with E-state index in [1.54, 1.807) is 24.3 Å². The molecule has 0 aliphatic heterocycles. The highest BCUT2D eigenvalue weighted by Gasteiger charge is 2.41. The number of nitrogens with one attached hydrogen (secondary N) is 2. The molecule has 0 saturated heterocycles. The van der Waals surface area contributed by atoms with Crippen LogP contribution in [0.3, 0.4) is 0 Å². The Morgan fingerprint density at radius 2 is 1.97 bits per heavy atom. The first-order chi connectivity index (χ1) is 17.7. The maximum Gasteiger partial charge on any atom is 0.434 e. The third-order valence-corrected chi connectivity index (χ3v) is 5.74. The Morgan fingerprint density at radius 1 is 1.16 bits per heavy atom. The number of alkyl halides is 3. The highest BCUT2D eigenvalue weighted by atomic mass is 35.5. The zero-order valence-corrected chi connectivity index (χ0v) is 19.2. The van der Waals surface area contributed by atoms with Gasteiger partial charge in [-0.05, 0) is 42.5 Å². The number of rotatable bonds is 5. The van der Waals surface area contributed by atoms with Crippen LogP contribution in [0.25, 0.3) is 28.0 Å². The average Bonchev–Trinajstić information content (AvgIpc) is 3.47. The topological polar surface area (TPSA) is 131 Å². The van der Waals surface area contributed by atoms with Crippen molar-refractivity contribution in [1.29, 1.82) is 0 Å². The van der Waals surface area contributed by atoms with Gasteiger partial charge in [0.1, 0.15) is 6.73 Å². The number of benzene rings is 2. The molecule has 1 amide bonds. The number of halogens is 4. The molecule has 0 spiro atoms. The van der Waals surface area contributed by atoms with Gasteiger partial charge in [0.05, 0.1) is 28.0 Å². The molecule has 3 aromatic heterocycles. The summed E-state index contributed by atoms with van der Waals surface area (Å²) < 4.78 is 43.9. The predicted molar refractivity (Wildman–Crippen MR) is 127 cm³/mol. The lowest BCUT2D eigenvalue weighted by atomic mass is 10.1. The maximum absolute atomic E-state index is 14.2. The molecule has 5 rings (SSSR count). The van der Waals surface area contributed by atoms with Crippen molar-refractivity contribution in [1.82, 2.24) is 29.5 Å². The lowest BCUT2D eigenvalue weighted by Crippen LogP contribution is -2.20. The molecule has 37 heavy (non-hydrogen) atoms. The summed E-state index contributed by atoms with van der Waals surface area (Å²) in [6, 6.07) is 11.9. The van der Waals surface area contributed by atoms with Gasteiger partial charge < -0.3 is 10.4 Å². The standard InChI is InChI=1S/C23H15ClF3N7O3/c24-16-9-12(6-7-13(16)20-31-22(37)33(11-35)32-20)30-21(36)15-10-29-34(19(15)23(25,26)27)18-5-1-4-17-14(18)3-2-8-28-17/h1-10,35H,11H2,(H,30,36)(H,31,32,37). The molecule has 0 bridgehead atoms. The number of pyridine rings is 1. The summed E-state index contributed by atoms with van der Waals surface area (Å²) in [5, 5.41) is 19.7. The van der Waals surface area contributed by atoms with E-state index >= 15 is 0 Å². The average molecular weight is 530 g/mol. The zero-order chi connectivity index (χ0) is 26.3. The van der Waals surface area contributed by atoms with Crippen LogP contribution in [0, 0.1) is 0 Å². The van der Waals surface area contributed by atoms with Crippen molar-refractivity contribution >= 4 is 34.1 Å². The molecule has 3 N–H and O–H groups in total. The fraction of sp³-hybridized carbons (Fsp3) is 0.0870. The van der Waals surface area contributed by atoms with Crippen LogP contribution in [0.5, 0.6) is 0 Å². The summed E-state index contributed by atoms with van der Waals surface area (Å²) >= 11 is 6.25. The predicted octanol–water partition coefficient (Wildman–Crippen LogP) is 3.85. The number of carbonyl (C=O) groups is 1. The second-order valence-corrected chi connectivity index (χ2v) is 8.14. The van der Waals surface area contributed by atoms with E-state index in [2.05, 4.69) is 25.5 Å². The van der Waals surface area contributed by atoms with Crippen molar-refractivity contribution in [2.24, 2.45) is 0 Å². The monoisotopic (exact) mass is 529 g/mol. The molecule has 0 unspecified atom stereocenters. The Hall–Kier alpha value is -4.49. The number of anilines is 1. The molecule has 3 heterocycles. The van der Waals surface area contributed by atoms with Gasteiger partial charge >= 0.3 is 11.9 Å². The molecule has 0 fully saturated rings. The number of hydrogen-bond acceptors (Lipinski definition) is 6. The fourth-order valence-electron chi connectivity index (χ4n) is 3.80. The van der Waals surface area contributed by atoms with Crippen LogP contribution in [-0.2, 0) is 12.9 Å². The first-order valence-electron chi connectivity index (χ1n) is 10.6. The van der Waals surface area contributed by atoms with Crippen LogP contribution in [0.2, 0.25) is 5.02 Å². The van der Waals surface area contributed by atoms with E-state index in [4.69, 9.17) is 16.7 Å². The van der Waals surface area contributed by atoms with Crippen LogP contribution in [-0.4, -0.2) is 40.5 Å². The van der Waals surface area contributed by atoms with Crippen LogP contribution in [0.1, 0.15) is 16.1 Å². The van der Waals surface area contributed by atoms with E-state index in [0.717, 1.165) is 10.9 Å². The second-order valence-electron chi connectivity index (χ2n) is 7.73. The van der Waals surface area contributed by atoms with Gasteiger partial charge in [-0.2, -0.15) is 23.0 Å². The lowest BCUT2D eigenvalue weighted by molar-refractivity contribution is -0.143. The maximum atomic E-state index is 14.2. The number of aromatic amines is 1. The van der Waals surface area contributed by atoms with E-state index in [1.807, 2.05) is 0 Å². The molecule has 2 aromatic carbocycles. The Balaban J connectivity index is 1.50. The number of hydrogen-bond donors (Lipinski definition) is 3. The fourth-order valence-corrected chi connectivity index (χ4v) is 4.07. The van der Waals surface area contributed by atoms with Gasteiger partial charge in [-0.3, -0.25) is 14.8 Å². The summed E-state index contributed by atoms with van der Waals surface area (Å²) in [5.41, 5.74) is -1.66. The number of nitrogens with zero attached hydrogens (tertiary/aromatic N) is 5. The summed E-state index contributed by atoms with van der Waals surface area (Å²) in [6.07, 6.45) is -2.55. The number of fused-ring (bicyclic) bond motifs is 1. The molecule has 0 atom stereocenters. The summed E-state index contributed by atoms with van der Waals surface area (Å²) in [4.78, 5) is 31.2. The number of carbonyl (C=O) groups excluding carboxylic acids is 1. The Bertz CT molecular complexity index is 1700. The second kappa shape index (κ2) is 9.19. The van der Waals surface area contributed by atoms with Crippen LogP contribution in [0.4, 0.5) is 18.9 Å². The van der Waals surface area contributed by atoms with Crippen molar-refractivity contribution in [3.05, 3.63) is 87.7 Å². The lowest BCUT2D eigenvalue weighted by Gasteiger charge is -2.14. The summed E-state index contributed by atoms with van der Waals surface area (Å²) in [5.74, 6) is -0.995. The van der Waals surface area contributed by atoms with E-state index in [-0.39, 0.29) is 27.8 Å². The highest BCUT2D eigenvalue weighted by molar-refractivity contribution is 6.33. The van der Waals surface area contributed by atoms with Crippen molar-refractivity contribution in [2.75, 3.05) is 5.32 Å². The SMILES string of the molecule is O=C(Nc1ccc(-c2nn(CO)c(=O)[nH]2)c(Cl)c1)c1cnn(-c2cccc3ncccc23)c1C(F)(F)F. The van der Waals surface area contributed by atoms with E-state index in [1.165, 1.54) is 30.5 Å². The summed E-state index contributed by atoms with van der Waals surface area (Å²) in [7, 11) is 0. The van der Waals surface area contributed by atoms with E-state index < -0.39 is 35.8 Å². The number of aromatic nitrogens is 6. The van der Waals surface area contributed by atoms with Crippen LogP contribution < -0.4 is 11.0 Å². The third kappa shape index (κ3) is 4.45. The molecule has 188 valence electrons. The van der Waals surface area contributed by atoms with Gasteiger partial charge in [-0.1, -0.05) is 17.7 Å². The van der Waals surface area contributed by atoms with Crippen LogP contribution >= 0.6 is 11.6 Å². The Labute approximate surface area is 209 Å². The van der Waals surface area contributed by atoms with Gasteiger partial charge in [-0.15, -0.1) is 5.10 Å². The van der Waals surface area contributed by atoms with Crippen molar-refractivity contribution < 1.29 is 23.1 Å². The number of amides is 1. The van der Waals surface area contributed by atoms with Crippen molar-refractivity contribution in [2.45, 2.75) is 12.9 Å². The largest absolute Gasteiger partial charge is 0.434 e. The van der Waals surface area contributed by atoms with E-state index in [0.29, 0.717) is 15.6 Å². The minimum absolute atomic E-state index is 0.0478. The molecule has 14 heteroatoms. The smallest absolute Gasteiger partial charge is 0.374 e. The van der Waals surface area contributed by atoms with Crippen molar-refractivity contribution in [3.8, 4) is 17.1 Å². The van der Waals surface area contributed by atoms with Gasteiger partial charge in [0.25, 0.3) is 5.91 Å². The zero-order valence-electron chi connectivity index (χ0n) is 18.5. The highest BCUT2D eigenvalue weighted by Crippen LogP contribution is 2.36. The first kappa shape index (κ1) is 24.2. The molecular weight excluding hydrogens is 515 g/mol. The van der Waals surface area contributed by atoms with Gasteiger partial charge in [-0.25, -0.2) is 9.48 Å². The molecule has 0 saturated carbocycles. The molecular formula is C23H15ClF3N7O3. The molecule has 0 radical (unpaired) electrons. The Morgan fingerprint density at radius 3 is 2.68 bits per heavy atom. The number of H-pyrrole nitrogens is 1. The van der Waals surface area contributed by atoms with Gasteiger partial charge in [0, 0.05) is 22.8 Å². The minimum atomic E-state index is -4.91. The van der Waals surface area contributed by atoms with Gasteiger partial charge in [0.15, 0.2) is 11.5 Å².